The number of ether oxygens (including phenoxy) is 1. The van der Waals surface area contributed by atoms with Gasteiger partial charge in [0.1, 0.15) is 29.0 Å². The number of carbonyl (C=O) groups is 2. The Balaban J connectivity index is 1.42. The highest BCUT2D eigenvalue weighted by Crippen LogP contribution is 2.46. The van der Waals surface area contributed by atoms with Gasteiger partial charge in [0.2, 0.25) is 0 Å². The molecule has 2 aliphatic rings. The molecular weight excluding hydrogens is 682 g/mol. The molecule has 4 aromatic rings. The average Bonchev–Trinajstić information content (AvgIpc) is 3.64. The van der Waals surface area contributed by atoms with Crippen molar-refractivity contribution in [3.63, 3.8) is 0 Å². The molecule has 3 heterocycles. The predicted molar refractivity (Wildman–Crippen MR) is 178 cm³/mol. The van der Waals surface area contributed by atoms with Crippen molar-refractivity contribution in [1.29, 1.82) is 0 Å². The molecule has 1 fully saturated rings. The summed E-state index contributed by atoms with van der Waals surface area (Å²) >= 11 is 12.5. The fourth-order valence-electron chi connectivity index (χ4n) is 6.21. The van der Waals surface area contributed by atoms with Gasteiger partial charge < -0.3 is 19.1 Å². The molecule has 3 aromatic carbocycles. The molecule has 0 bridgehead atoms. The van der Waals surface area contributed by atoms with Crippen molar-refractivity contribution in [2.45, 2.75) is 39.0 Å². The zero-order valence-corrected chi connectivity index (χ0v) is 28.3. The summed E-state index contributed by atoms with van der Waals surface area (Å²) in [5.74, 6) is 0.269. The second kappa shape index (κ2) is 13.8. The van der Waals surface area contributed by atoms with Crippen molar-refractivity contribution in [3.05, 3.63) is 116 Å². The minimum Gasteiger partial charge on any atom is -0.493 e. The topological polar surface area (TPSA) is 91.5 Å². The highest BCUT2D eigenvalue weighted by atomic mass is 35.5. The van der Waals surface area contributed by atoms with E-state index in [0.29, 0.717) is 32.6 Å². The van der Waals surface area contributed by atoms with Crippen molar-refractivity contribution in [2.24, 2.45) is 4.99 Å². The van der Waals surface area contributed by atoms with E-state index in [9.17, 15) is 22.8 Å². The third-order valence-corrected chi connectivity index (χ3v) is 9.13. The van der Waals surface area contributed by atoms with Crippen molar-refractivity contribution in [1.82, 2.24) is 19.9 Å². The van der Waals surface area contributed by atoms with Crippen molar-refractivity contribution in [2.75, 3.05) is 32.8 Å². The highest BCUT2D eigenvalue weighted by Gasteiger charge is 2.45. The van der Waals surface area contributed by atoms with E-state index in [1.807, 2.05) is 0 Å². The molecule has 1 aromatic heterocycles. The van der Waals surface area contributed by atoms with Crippen molar-refractivity contribution >= 4 is 41.0 Å². The lowest BCUT2D eigenvalue weighted by atomic mass is 9.93. The Morgan fingerprint density at radius 2 is 1.49 bits per heavy atom. The molecule has 6 rings (SSSR count). The quantitative estimate of drug-likeness (QED) is 0.201. The fraction of sp³-hybridized carbons (Fsp3) is 0.314. The van der Waals surface area contributed by atoms with Crippen LogP contribution in [0, 0.1) is 13.8 Å². The molecule has 14 heteroatoms. The molecule has 2 aliphatic heterocycles. The lowest BCUT2D eigenvalue weighted by Crippen LogP contribution is -2.55. The first-order valence-corrected chi connectivity index (χ1v) is 16.4. The molecule has 0 spiro atoms. The van der Waals surface area contributed by atoms with Crippen LogP contribution in [0.4, 0.5) is 18.0 Å². The number of urea groups is 1. The third-order valence-electron chi connectivity index (χ3n) is 8.63. The molecule has 256 valence electrons. The maximum absolute atomic E-state index is 14.7. The maximum atomic E-state index is 14.7. The number of nitrogens with zero attached hydrogens (tertiary/aromatic N) is 5. The summed E-state index contributed by atoms with van der Waals surface area (Å²) in [6, 6.07) is 15.4. The van der Waals surface area contributed by atoms with Gasteiger partial charge in [0.25, 0.3) is 5.91 Å². The van der Waals surface area contributed by atoms with Crippen LogP contribution in [0.3, 0.4) is 0 Å². The number of rotatable bonds is 6. The number of halogens is 5. The predicted octanol–water partition coefficient (Wildman–Crippen LogP) is 8.14. The summed E-state index contributed by atoms with van der Waals surface area (Å²) in [5, 5.41) is 4.88. The number of benzene rings is 3. The summed E-state index contributed by atoms with van der Waals surface area (Å²) in [6.07, 6.45) is -4.62. The monoisotopic (exact) mass is 713 g/mol. The van der Waals surface area contributed by atoms with Gasteiger partial charge in [0.05, 0.1) is 29.5 Å². The first kappa shape index (κ1) is 34.3. The fourth-order valence-corrected chi connectivity index (χ4v) is 6.46. The van der Waals surface area contributed by atoms with E-state index < -0.39 is 29.9 Å². The number of aliphatic imine (C=N–C) groups is 1. The van der Waals surface area contributed by atoms with E-state index in [0.717, 1.165) is 17.7 Å². The number of amides is 3. The van der Waals surface area contributed by atoms with E-state index >= 15 is 0 Å². The molecule has 0 N–H and O–H groups in total. The number of hydrogen-bond acceptors (Lipinski definition) is 6. The maximum Gasteiger partial charge on any atom is 0.416 e. The van der Waals surface area contributed by atoms with Crippen LogP contribution in [-0.2, 0) is 6.18 Å². The van der Waals surface area contributed by atoms with Gasteiger partial charge in [-0.05, 0) is 74.4 Å². The van der Waals surface area contributed by atoms with Gasteiger partial charge in [0.15, 0.2) is 0 Å². The number of aryl methyl sites for hydroxylation is 2. The summed E-state index contributed by atoms with van der Waals surface area (Å²) in [4.78, 5) is 37.9. The molecule has 1 saturated heterocycles. The van der Waals surface area contributed by atoms with Gasteiger partial charge in [-0.3, -0.25) is 14.7 Å². The van der Waals surface area contributed by atoms with Gasteiger partial charge in [-0.15, -0.1) is 0 Å². The number of alkyl halides is 3. The average molecular weight is 715 g/mol. The van der Waals surface area contributed by atoms with Gasteiger partial charge in [-0.2, -0.15) is 13.2 Å². The number of piperazine rings is 1. The minimum absolute atomic E-state index is 0.0598. The summed E-state index contributed by atoms with van der Waals surface area (Å²) < 4.78 is 52.3. The molecule has 3 amide bonds. The standard InChI is InChI=1S/C35H32Cl2F3N5O4/c1-4-48-28-19-24(35(38,39)40)9-14-27(28)32-41-30(22-5-10-25(36)11-6-22)31(23-7-12-26(37)13-8-23)45(32)34(47)44-17-15-43(16-18-44)33(46)29-20(2)42-49-21(29)3/h5-14,19,30-31H,4,15-18H2,1-3H3. The van der Waals surface area contributed by atoms with E-state index in [2.05, 4.69) is 5.16 Å². The van der Waals surface area contributed by atoms with Crippen LogP contribution in [0.15, 0.2) is 76.2 Å². The molecule has 9 nitrogen and oxygen atoms in total. The van der Waals surface area contributed by atoms with Crippen LogP contribution in [-0.4, -0.2) is 70.4 Å². The van der Waals surface area contributed by atoms with Crippen LogP contribution >= 0.6 is 23.2 Å². The first-order chi connectivity index (χ1) is 23.4. The SMILES string of the molecule is CCOc1cc(C(F)(F)F)ccc1C1=NC(c2ccc(Cl)cc2)C(c2ccc(Cl)cc2)N1C(=O)N1CCN(C(=O)c2c(C)noc2C)CC1. The molecule has 2 atom stereocenters. The minimum atomic E-state index is -4.62. The molecule has 0 radical (unpaired) electrons. The second-order valence-corrected chi connectivity index (χ2v) is 12.6. The molecule has 49 heavy (non-hydrogen) atoms. The van der Waals surface area contributed by atoms with E-state index in [-0.39, 0.29) is 55.8 Å². The molecular formula is C35H32Cl2F3N5O4. The highest BCUT2D eigenvalue weighted by molar-refractivity contribution is 6.30. The van der Waals surface area contributed by atoms with E-state index in [4.69, 9.17) is 37.5 Å². The van der Waals surface area contributed by atoms with Crippen LogP contribution in [0.2, 0.25) is 10.0 Å². The Kier molecular flexibility index (Phi) is 9.63. The van der Waals surface area contributed by atoms with E-state index in [1.165, 1.54) is 11.0 Å². The zero-order valence-electron chi connectivity index (χ0n) is 26.8. The van der Waals surface area contributed by atoms with E-state index in [1.54, 1.807) is 79.1 Å². The Bertz CT molecular complexity index is 1870. The van der Waals surface area contributed by atoms with Crippen LogP contribution in [0.1, 0.15) is 63.1 Å². The molecule has 2 unspecified atom stereocenters. The normalized spacial score (nSPS) is 18.1. The smallest absolute Gasteiger partial charge is 0.416 e. The Morgan fingerprint density at radius 3 is 2.04 bits per heavy atom. The second-order valence-electron chi connectivity index (χ2n) is 11.7. The summed E-state index contributed by atoms with van der Waals surface area (Å²) in [5.41, 5.74) is 1.66. The van der Waals surface area contributed by atoms with Gasteiger partial charge in [-0.1, -0.05) is 52.6 Å². The van der Waals surface area contributed by atoms with Gasteiger partial charge in [-0.25, -0.2) is 4.79 Å². The van der Waals surface area contributed by atoms with Crippen molar-refractivity contribution in [3.8, 4) is 5.75 Å². The van der Waals surface area contributed by atoms with Crippen LogP contribution in [0.5, 0.6) is 5.75 Å². The van der Waals surface area contributed by atoms with Crippen LogP contribution < -0.4 is 4.74 Å². The Labute approximate surface area is 290 Å². The number of hydrogen-bond donors (Lipinski definition) is 0. The third kappa shape index (κ3) is 6.84. The number of amidine groups is 1. The zero-order chi connectivity index (χ0) is 35.0. The van der Waals surface area contributed by atoms with Crippen molar-refractivity contribution < 1.29 is 32.0 Å². The van der Waals surface area contributed by atoms with Gasteiger partial charge >= 0.3 is 12.2 Å². The van der Waals surface area contributed by atoms with Crippen LogP contribution in [0.25, 0.3) is 0 Å². The lowest BCUT2D eigenvalue weighted by molar-refractivity contribution is -0.137. The Morgan fingerprint density at radius 1 is 0.898 bits per heavy atom. The molecule has 0 saturated carbocycles. The Hall–Kier alpha value is -4.55. The largest absolute Gasteiger partial charge is 0.493 e. The molecule has 0 aliphatic carbocycles. The van der Waals surface area contributed by atoms with Gasteiger partial charge in [0, 0.05) is 36.2 Å². The number of carbonyl (C=O) groups excluding carboxylic acids is 2. The summed E-state index contributed by atoms with van der Waals surface area (Å²) in [6.45, 7) is 6.00. The first-order valence-electron chi connectivity index (χ1n) is 15.6. The lowest BCUT2D eigenvalue weighted by Gasteiger charge is -2.39. The number of aromatic nitrogens is 1. The summed E-state index contributed by atoms with van der Waals surface area (Å²) in [7, 11) is 0.